The van der Waals surface area contributed by atoms with Crippen molar-refractivity contribution in [3.63, 3.8) is 0 Å². The highest BCUT2D eigenvalue weighted by Crippen LogP contribution is 1.63. The zero-order chi connectivity index (χ0) is 16.6. The lowest BCUT2D eigenvalue weighted by Gasteiger charge is -2.08. The van der Waals surface area contributed by atoms with Gasteiger partial charge in [0.2, 0.25) is 0 Å². The molecule has 0 aliphatic carbocycles. The highest BCUT2D eigenvalue weighted by molar-refractivity contribution is 4.56. The molecule has 0 fully saturated rings. The molecule has 6 nitrogen and oxygen atoms in total. The summed E-state index contributed by atoms with van der Waals surface area (Å²) in [6.45, 7) is 17.7. The predicted octanol–water partition coefficient (Wildman–Crippen LogP) is -0.425. The maximum atomic E-state index is 5.37. The van der Waals surface area contributed by atoms with Crippen LogP contribution in [-0.2, 0) is 0 Å². The van der Waals surface area contributed by atoms with Gasteiger partial charge in [-0.2, -0.15) is 0 Å². The van der Waals surface area contributed by atoms with Gasteiger partial charge >= 0.3 is 0 Å². The van der Waals surface area contributed by atoms with E-state index in [1.54, 1.807) is 0 Å². The Kier molecular flexibility index (Phi) is 39.1. The van der Waals surface area contributed by atoms with Gasteiger partial charge in [-0.05, 0) is 7.05 Å². The lowest BCUT2D eigenvalue weighted by molar-refractivity contribution is 0.564. The second kappa shape index (κ2) is 31.9. The monoisotopic (exact) mass is 306 g/mol. The van der Waals surface area contributed by atoms with Gasteiger partial charge < -0.3 is 32.3 Å². The highest BCUT2D eigenvalue weighted by atomic mass is 15.0. The molecule has 0 aliphatic heterocycles. The second-order valence-electron chi connectivity index (χ2n) is 3.89. The Bertz CT molecular complexity index is 121. The average molecular weight is 307 g/mol. The molecule has 0 bridgehead atoms. The van der Waals surface area contributed by atoms with Gasteiger partial charge in [-0.25, -0.2) is 0 Å². The fraction of sp³-hybridized carbons (Fsp3) is 1.00. The molecule has 0 aromatic heterocycles. The molecular formula is C15H42N6. The molecule has 0 aromatic carbocycles. The van der Waals surface area contributed by atoms with E-state index < -0.39 is 0 Å². The number of hydrogen-bond acceptors (Lipinski definition) is 6. The first-order valence-electron chi connectivity index (χ1n) is 8.59. The second-order valence-corrected chi connectivity index (χ2v) is 3.89. The van der Waals surface area contributed by atoms with Crippen LogP contribution in [0, 0.1) is 0 Å². The van der Waals surface area contributed by atoms with Gasteiger partial charge in [-0.15, -0.1) is 0 Å². The quantitative estimate of drug-likeness (QED) is 0.244. The number of nitrogens with two attached hydrogens (primary N) is 1. The predicted molar refractivity (Wildman–Crippen MR) is 97.2 cm³/mol. The Balaban J connectivity index is -0.000000739. The summed E-state index contributed by atoms with van der Waals surface area (Å²) >= 11 is 0. The standard InChI is InChI=1S/C11H30N6.2C2H6/c1-13-4-5-15-8-9-17-11-10-16-7-6-14-3-2-12;2*1-2/h13-17H,2-12H2,1H3;2*1-2H3. The Morgan fingerprint density at radius 3 is 1.10 bits per heavy atom. The third kappa shape index (κ3) is 32.9. The van der Waals surface area contributed by atoms with E-state index >= 15 is 0 Å². The maximum absolute atomic E-state index is 5.37. The fourth-order valence-corrected chi connectivity index (χ4v) is 1.35. The van der Waals surface area contributed by atoms with Gasteiger partial charge in [-0.3, -0.25) is 0 Å². The van der Waals surface area contributed by atoms with Crippen LogP contribution in [-0.4, -0.2) is 72.5 Å². The topological polar surface area (TPSA) is 86.2 Å². The molecule has 21 heavy (non-hydrogen) atoms. The molecule has 0 aromatic rings. The van der Waals surface area contributed by atoms with Gasteiger partial charge in [0.05, 0.1) is 0 Å². The molecular weight excluding hydrogens is 264 g/mol. The van der Waals surface area contributed by atoms with Crippen molar-refractivity contribution in [3.05, 3.63) is 0 Å². The Labute approximate surface area is 133 Å². The van der Waals surface area contributed by atoms with Crippen LogP contribution in [0.1, 0.15) is 27.7 Å². The molecule has 0 atom stereocenters. The highest BCUT2D eigenvalue weighted by Gasteiger charge is 1.89. The molecule has 0 rings (SSSR count). The van der Waals surface area contributed by atoms with E-state index in [9.17, 15) is 0 Å². The molecule has 0 saturated carbocycles. The van der Waals surface area contributed by atoms with E-state index in [-0.39, 0.29) is 0 Å². The number of rotatable bonds is 14. The van der Waals surface area contributed by atoms with Crippen LogP contribution in [0.5, 0.6) is 0 Å². The van der Waals surface area contributed by atoms with E-state index in [1.165, 1.54) is 0 Å². The van der Waals surface area contributed by atoms with Crippen molar-refractivity contribution in [1.29, 1.82) is 0 Å². The average Bonchev–Trinajstić information content (AvgIpc) is 2.56. The Morgan fingerprint density at radius 2 is 0.810 bits per heavy atom. The van der Waals surface area contributed by atoms with Crippen molar-refractivity contribution in [2.24, 2.45) is 5.73 Å². The lowest BCUT2D eigenvalue weighted by atomic mass is 10.5. The summed E-state index contributed by atoms with van der Waals surface area (Å²) in [4.78, 5) is 0. The first-order valence-corrected chi connectivity index (χ1v) is 8.59. The van der Waals surface area contributed by atoms with Crippen LogP contribution in [0.15, 0.2) is 0 Å². The molecule has 7 N–H and O–H groups in total. The van der Waals surface area contributed by atoms with Gasteiger partial charge in [0, 0.05) is 65.4 Å². The molecule has 0 aliphatic rings. The SMILES string of the molecule is CC.CC.CNCCNCCNCCNCCNCCN. The van der Waals surface area contributed by atoms with E-state index in [1.807, 2.05) is 34.7 Å². The Morgan fingerprint density at radius 1 is 0.524 bits per heavy atom. The first-order chi connectivity index (χ1) is 10.4. The minimum Gasteiger partial charge on any atom is -0.329 e. The summed E-state index contributed by atoms with van der Waals surface area (Å²) in [7, 11) is 1.97. The number of likely N-dealkylation sites (N-methyl/N-ethyl adjacent to an activating group) is 1. The Hall–Kier alpha value is -0.240. The van der Waals surface area contributed by atoms with Crippen LogP contribution in [0.3, 0.4) is 0 Å². The van der Waals surface area contributed by atoms with Crippen LogP contribution in [0.2, 0.25) is 0 Å². The maximum Gasteiger partial charge on any atom is 0.00772 e. The van der Waals surface area contributed by atoms with Crippen molar-refractivity contribution < 1.29 is 0 Å². The molecule has 0 amide bonds. The fourth-order valence-electron chi connectivity index (χ4n) is 1.35. The number of hydrogen-bond donors (Lipinski definition) is 6. The van der Waals surface area contributed by atoms with Crippen LogP contribution >= 0.6 is 0 Å². The smallest absolute Gasteiger partial charge is 0.00772 e. The summed E-state index contributed by atoms with van der Waals surface area (Å²) < 4.78 is 0. The van der Waals surface area contributed by atoms with Crippen molar-refractivity contribution in [1.82, 2.24) is 26.6 Å². The van der Waals surface area contributed by atoms with E-state index in [0.717, 1.165) is 58.9 Å². The molecule has 0 unspecified atom stereocenters. The molecule has 0 saturated heterocycles. The molecule has 0 spiro atoms. The number of nitrogens with one attached hydrogen (secondary N) is 5. The van der Waals surface area contributed by atoms with Crippen LogP contribution < -0.4 is 32.3 Å². The van der Waals surface area contributed by atoms with E-state index in [2.05, 4.69) is 26.6 Å². The molecule has 0 heterocycles. The van der Waals surface area contributed by atoms with Crippen molar-refractivity contribution in [2.45, 2.75) is 27.7 Å². The summed E-state index contributed by atoms with van der Waals surface area (Å²) in [5, 5.41) is 16.4. The first kappa shape index (κ1) is 25.7. The van der Waals surface area contributed by atoms with Crippen LogP contribution in [0.25, 0.3) is 0 Å². The lowest BCUT2D eigenvalue weighted by Crippen LogP contribution is -2.36. The molecule has 6 heteroatoms. The van der Waals surface area contributed by atoms with Gasteiger partial charge in [0.25, 0.3) is 0 Å². The van der Waals surface area contributed by atoms with E-state index in [0.29, 0.717) is 6.54 Å². The van der Waals surface area contributed by atoms with Crippen LogP contribution in [0.4, 0.5) is 0 Å². The largest absolute Gasteiger partial charge is 0.329 e. The van der Waals surface area contributed by atoms with Crippen molar-refractivity contribution in [2.75, 3.05) is 72.5 Å². The summed E-state index contributed by atoms with van der Waals surface area (Å²) in [6.07, 6.45) is 0. The van der Waals surface area contributed by atoms with Gasteiger partial charge in [-0.1, -0.05) is 27.7 Å². The summed E-state index contributed by atoms with van der Waals surface area (Å²) in [6, 6.07) is 0. The third-order valence-electron chi connectivity index (χ3n) is 2.31. The zero-order valence-electron chi connectivity index (χ0n) is 15.1. The molecule has 132 valence electrons. The zero-order valence-corrected chi connectivity index (χ0v) is 15.1. The third-order valence-corrected chi connectivity index (χ3v) is 2.31. The van der Waals surface area contributed by atoms with Crippen molar-refractivity contribution >= 4 is 0 Å². The summed E-state index contributed by atoms with van der Waals surface area (Å²) in [5.41, 5.74) is 5.37. The van der Waals surface area contributed by atoms with Gasteiger partial charge in [0.15, 0.2) is 0 Å². The van der Waals surface area contributed by atoms with Gasteiger partial charge in [0.1, 0.15) is 0 Å². The minimum absolute atomic E-state index is 0.710. The minimum atomic E-state index is 0.710. The summed E-state index contributed by atoms with van der Waals surface area (Å²) in [5.74, 6) is 0. The normalized spacial score (nSPS) is 9.43. The molecule has 0 radical (unpaired) electrons. The van der Waals surface area contributed by atoms with Crippen molar-refractivity contribution in [3.8, 4) is 0 Å². The van der Waals surface area contributed by atoms with E-state index in [4.69, 9.17) is 5.73 Å².